The van der Waals surface area contributed by atoms with Crippen molar-refractivity contribution < 1.29 is 22.8 Å². The molecule has 0 saturated carbocycles. The van der Waals surface area contributed by atoms with Gasteiger partial charge in [0.05, 0.1) is 6.61 Å². The van der Waals surface area contributed by atoms with E-state index in [1.54, 1.807) is 6.08 Å². The maximum absolute atomic E-state index is 11.4. The average molecular weight is 427 g/mol. The molecule has 0 aromatic heterocycles. The van der Waals surface area contributed by atoms with Crippen molar-refractivity contribution in [2.45, 2.75) is 108 Å². The van der Waals surface area contributed by atoms with Crippen LogP contribution in [0.25, 0.3) is 0 Å². The minimum Gasteiger partial charge on any atom is -0.414 e. The first kappa shape index (κ1) is 24.3. The Bertz CT molecular complexity index is 541. The smallest absolute Gasteiger partial charge is 0.335 e. The first-order valence-corrected chi connectivity index (χ1v) is 14.6. The third kappa shape index (κ3) is 3.86. The zero-order valence-electron chi connectivity index (χ0n) is 18.9. The fourth-order valence-corrected chi connectivity index (χ4v) is 16.0. The number of fused-ring (bicyclic) bond motifs is 1. The van der Waals surface area contributed by atoms with Gasteiger partial charge in [-0.3, -0.25) is 0 Å². The van der Waals surface area contributed by atoms with Crippen molar-refractivity contribution in [1.29, 1.82) is 0 Å². The summed E-state index contributed by atoms with van der Waals surface area (Å²) in [4.78, 5) is 0. The van der Waals surface area contributed by atoms with Gasteiger partial charge in [0, 0.05) is 6.00 Å². The third-order valence-electron chi connectivity index (χ3n) is 6.44. The van der Waals surface area contributed by atoms with E-state index in [1.807, 2.05) is 0 Å². The van der Waals surface area contributed by atoms with E-state index in [2.05, 4.69) is 62.0 Å². The van der Waals surface area contributed by atoms with Gasteiger partial charge in [0.15, 0.2) is 0 Å². The predicted octanol–water partition coefficient (Wildman–Crippen LogP) is 4.14. The lowest BCUT2D eigenvalue weighted by Crippen LogP contribution is -2.67. The van der Waals surface area contributed by atoms with Crippen LogP contribution in [0.3, 0.4) is 0 Å². The van der Waals surface area contributed by atoms with Gasteiger partial charge >= 0.3 is 17.1 Å². The summed E-state index contributed by atoms with van der Waals surface area (Å²) in [5, 5.41) is 11.4. The summed E-state index contributed by atoms with van der Waals surface area (Å²) in [6.07, 6.45) is 0.957. The van der Waals surface area contributed by atoms with Crippen LogP contribution in [-0.4, -0.2) is 60.5 Å². The van der Waals surface area contributed by atoms with Crippen LogP contribution in [0.4, 0.5) is 0 Å². The van der Waals surface area contributed by atoms with Gasteiger partial charge in [-0.2, -0.15) is 0 Å². The van der Waals surface area contributed by atoms with Crippen molar-refractivity contribution in [2.24, 2.45) is 0 Å². The van der Waals surface area contributed by atoms with E-state index < -0.39 is 40.9 Å². The molecule has 2 rings (SSSR count). The fourth-order valence-electron chi connectivity index (χ4n) is 4.75. The minimum atomic E-state index is -2.81. The molecule has 2 heterocycles. The van der Waals surface area contributed by atoms with Crippen LogP contribution in [0.5, 0.6) is 0 Å². The van der Waals surface area contributed by atoms with Crippen LogP contribution < -0.4 is 0 Å². The number of aliphatic hydroxyl groups is 1. The van der Waals surface area contributed by atoms with Crippen molar-refractivity contribution >= 4 is 25.0 Å². The van der Waals surface area contributed by atoms with Crippen LogP contribution in [0, 0.1) is 0 Å². The second-order valence-electron chi connectivity index (χ2n) is 9.59. The number of hydrogen-bond donors (Lipinski definition) is 1. The molecule has 0 spiro atoms. The average Bonchev–Trinajstić information content (AvgIpc) is 2.78. The lowest BCUT2D eigenvalue weighted by molar-refractivity contribution is -0.0673. The Morgan fingerprint density at radius 1 is 1.04 bits per heavy atom. The van der Waals surface area contributed by atoms with E-state index in [9.17, 15) is 5.11 Å². The molecule has 28 heavy (non-hydrogen) atoms. The number of ether oxygens (including phenoxy) is 1. The second-order valence-corrected chi connectivity index (χ2v) is 18.4. The summed E-state index contributed by atoms with van der Waals surface area (Å²) in [7, 11) is 0.799. The van der Waals surface area contributed by atoms with Gasteiger partial charge < -0.3 is 22.8 Å². The molecule has 8 heteroatoms. The first-order valence-electron chi connectivity index (χ1n) is 10.6. The summed E-state index contributed by atoms with van der Waals surface area (Å²) >= 11 is 0. The first-order chi connectivity index (χ1) is 12.9. The van der Waals surface area contributed by atoms with Crippen molar-refractivity contribution in [1.82, 2.24) is 0 Å². The normalized spacial score (nSPS) is 35.2. The van der Waals surface area contributed by atoms with Gasteiger partial charge in [-0.1, -0.05) is 61.5 Å². The highest BCUT2D eigenvalue weighted by atomic mass is 28.5. The number of rotatable bonds is 6. The Morgan fingerprint density at radius 2 is 1.54 bits per heavy atom. The Hall–Kier alpha value is 0.0387. The molecule has 2 fully saturated rings. The van der Waals surface area contributed by atoms with E-state index in [-0.39, 0.29) is 22.2 Å². The molecule has 0 aromatic carbocycles. The van der Waals surface area contributed by atoms with Gasteiger partial charge in [0.2, 0.25) is 0 Å². The van der Waals surface area contributed by atoms with E-state index in [1.165, 1.54) is 0 Å². The molecular formula is C20H39BO5Si2. The van der Waals surface area contributed by atoms with Crippen molar-refractivity contribution in [3.63, 3.8) is 0 Å². The van der Waals surface area contributed by atoms with Gasteiger partial charge in [0.1, 0.15) is 25.7 Å². The molecule has 1 N–H and O–H groups in total. The lowest BCUT2D eigenvalue weighted by Gasteiger charge is -2.52. The van der Waals surface area contributed by atoms with E-state index in [0.717, 1.165) is 0 Å². The molecule has 0 aliphatic carbocycles. The Morgan fingerprint density at radius 3 is 1.96 bits per heavy atom. The SMILES string of the molecule is [B]C1OC2CO[Si](C(C)C)(C(C)C)O[Si](C(C)C)(C(C)C)O[C@H]2[C@@]1(O)CC=C. The molecule has 2 unspecified atom stereocenters. The van der Waals surface area contributed by atoms with Crippen LogP contribution >= 0.6 is 0 Å². The molecular weight excluding hydrogens is 387 g/mol. The molecule has 4 atom stereocenters. The van der Waals surface area contributed by atoms with Gasteiger partial charge in [0.25, 0.3) is 0 Å². The van der Waals surface area contributed by atoms with Crippen LogP contribution in [0.2, 0.25) is 22.2 Å². The molecule has 2 aliphatic heterocycles. The Labute approximate surface area is 175 Å². The summed E-state index contributed by atoms with van der Waals surface area (Å²) in [6, 6.07) is -0.845. The highest BCUT2D eigenvalue weighted by Gasteiger charge is 2.63. The molecule has 2 radical (unpaired) electrons. The molecule has 0 amide bonds. The Balaban J connectivity index is 2.61. The fraction of sp³-hybridized carbons (Fsp3) is 0.900. The predicted molar refractivity (Wildman–Crippen MR) is 118 cm³/mol. The van der Waals surface area contributed by atoms with Crippen molar-refractivity contribution in [2.75, 3.05) is 6.61 Å². The summed E-state index contributed by atoms with van der Waals surface area (Å²) in [5.74, 6) is 0. The second kappa shape index (κ2) is 8.65. The van der Waals surface area contributed by atoms with Gasteiger partial charge in [-0.15, -0.1) is 6.58 Å². The maximum Gasteiger partial charge on any atom is 0.335 e. The van der Waals surface area contributed by atoms with Gasteiger partial charge in [-0.05, 0) is 28.6 Å². The molecule has 160 valence electrons. The third-order valence-corrected chi connectivity index (χ3v) is 16.7. The zero-order valence-corrected chi connectivity index (χ0v) is 20.9. The van der Waals surface area contributed by atoms with Crippen LogP contribution in [0.15, 0.2) is 12.7 Å². The summed E-state index contributed by atoms with van der Waals surface area (Å²) in [6.45, 7) is 21.5. The van der Waals surface area contributed by atoms with E-state index in [0.29, 0.717) is 13.0 Å². The topological polar surface area (TPSA) is 57.2 Å². The van der Waals surface area contributed by atoms with Crippen molar-refractivity contribution in [3.05, 3.63) is 12.7 Å². The monoisotopic (exact) mass is 426 g/mol. The van der Waals surface area contributed by atoms with Gasteiger partial charge in [-0.25, -0.2) is 0 Å². The van der Waals surface area contributed by atoms with Crippen LogP contribution in [0.1, 0.15) is 61.8 Å². The molecule has 5 nitrogen and oxygen atoms in total. The standard InChI is InChI=1S/C20H39BO5Si2/c1-10-11-20(22)18-17(24-19(20)21)12-23-27(13(2)3,14(4)5)26-28(25-18,15(6)7)16(8)9/h10,13-19,22H,1,11-12H2,2-9H3/t17?,18-,19?,20+/m1/s1. The Kier molecular flexibility index (Phi) is 7.51. The zero-order chi connectivity index (χ0) is 21.5. The maximum atomic E-state index is 11.4. The molecule has 2 saturated heterocycles. The van der Waals surface area contributed by atoms with E-state index >= 15 is 0 Å². The van der Waals surface area contributed by atoms with Crippen LogP contribution in [-0.2, 0) is 17.7 Å². The summed E-state index contributed by atoms with van der Waals surface area (Å²) < 4.78 is 26.6. The number of hydrogen-bond acceptors (Lipinski definition) is 5. The minimum absolute atomic E-state index is 0.184. The lowest BCUT2D eigenvalue weighted by atomic mass is 9.78. The van der Waals surface area contributed by atoms with Crippen molar-refractivity contribution in [3.8, 4) is 0 Å². The molecule has 0 bridgehead atoms. The molecule has 0 aromatic rings. The largest absolute Gasteiger partial charge is 0.414 e. The highest BCUT2D eigenvalue weighted by Crippen LogP contribution is 2.49. The summed E-state index contributed by atoms with van der Waals surface area (Å²) in [5.41, 5.74) is -0.440. The highest BCUT2D eigenvalue weighted by molar-refractivity contribution is 6.84. The van der Waals surface area contributed by atoms with E-state index in [4.69, 9.17) is 25.6 Å². The molecule has 2 aliphatic rings. The quantitative estimate of drug-likeness (QED) is 0.511.